The highest BCUT2D eigenvalue weighted by molar-refractivity contribution is 6.32. The normalized spacial score (nSPS) is 20.8. The lowest BCUT2D eigenvalue weighted by atomic mass is 9.98. The van der Waals surface area contributed by atoms with E-state index in [-0.39, 0.29) is 11.9 Å². The lowest BCUT2D eigenvalue weighted by Gasteiger charge is -2.23. The van der Waals surface area contributed by atoms with E-state index in [1.165, 1.54) is 0 Å². The Balaban J connectivity index is 2.55. The Morgan fingerprint density at radius 2 is 2.31 bits per heavy atom. The molecule has 3 nitrogen and oxygen atoms in total. The van der Waals surface area contributed by atoms with Gasteiger partial charge in [-0.2, -0.15) is 0 Å². The Labute approximate surface area is 80.9 Å². The fourth-order valence-corrected chi connectivity index (χ4v) is 1.84. The first kappa shape index (κ1) is 8.53. The van der Waals surface area contributed by atoms with E-state index >= 15 is 0 Å². The molecule has 0 saturated heterocycles. The Morgan fingerprint density at radius 3 is 3.08 bits per heavy atom. The Kier molecular flexibility index (Phi) is 1.98. The van der Waals surface area contributed by atoms with Gasteiger partial charge in [-0.25, -0.2) is 0 Å². The molecule has 0 aliphatic carbocycles. The number of hydrogen-bond donors (Lipinski definition) is 2. The number of benzene rings is 1. The molecule has 0 radical (unpaired) electrons. The van der Waals surface area contributed by atoms with Crippen molar-refractivity contribution in [1.82, 2.24) is 0 Å². The zero-order chi connectivity index (χ0) is 9.42. The first-order chi connectivity index (χ1) is 6.18. The highest BCUT2D eigenvalue weighted by Gasteiger charge is 2.23. The summed E-state index contributed by atoms with van der Waals surface area (Å²) in [4.78, 5) is 11.1. The van der Waals surface area contributed by atoms with E-state index in [9.17, 15) is 4.79 Å². The molecule has 1 unspecified atom stereocenters. The van der Waals surface area contributed by atoms with Gasteiger partial charge in [0.2, 0.25) is 5.91 Å². The third-order valence-corrected chi connectivity index (χ3v) is 2.43. The van der Waals surface area contributed by atoms with E-state index in [2.05, 4.69) is 5.32 Å². The third kappa shape index (κ3) is 1.41. The number of hydrogen-bond acceptors (Lipinski definition) is 2. The van der Waals surface area contributed by atoms with Gasteiger partial charge in [-0.1, -0.05) is 17.7 Å². The summed E-state index contributed by atoms with van der Waals surface area (Å²) in [5.74, 6) is -0.0535. The van der Waals surface area contributed by atoms with Crippen LogP contribution in [-0.4, -0.2) is 5.91 Å². The maximum atomic E-state index is 11.1. The summed E-state index contributed by atoms with van der Waals surface area (Å²) in [5, 5.41) is 3.34. The van der Waals surface area contributed by atoms with Crippen molar-refractivity contribution in [3.8, 4) is 0 Å². The molecule has 0 fully saturated rings. The second-order valence-corrected chi connectivity index (χ2v) is 3.47. The minimum atomic E-state index is -0.280. The number of carbonyl (C=O) groups is 1. The van der Waals surface area contributed by atoms with Crippen LogP contribution >= 0.6 is 11.6 Å². The summed E-state index contributed by atoms with van der Waals surface area (Å²) in [6.45, 7) is 0. The molecule has 1 atom stereocenters. The first-order valence-corrected chi connectivity index (χ1v) is 4.40. The highest BCUT2D eigenvalue weighted by Crippen LogP contribution is 2.34. The molecule has 3 N–H and O–H groups in total. The van der Waals surface area contributed by atoms with E-state index < -0.39 is 0 Å². The molecule has 1 amide bonds. The summed E-state index contributed by atoms with van der Waals surface area (Å²) in [5.41, 5.74) is 7.36. The Bertz CT molecular complexity index is 365. The predicted octanol–water partition coefficient (Wildman–Crippen LogP) is 1.68. The minimum Gasteiger partial charge on any atom is -0.326 e. The van der Waals surface area contributed by atoms with Gasteiger partial charge in [0.25, 0.3) is 0 Å². The Hall–Kier alpha value is -1.06. The van der Waals surface area contributed by atoms with Crippen molar-refractivity contribution in [3.05, 3.63) is 28.8 Å². The summed E-state index contributed by atoms with van der Waals surface area (Å²) >= 11 is 5.95. The summed E-state index contributed by atoms with van der Waals surface area (Å²) in [6.07, 6.45) is 0.302. The standard InChI is InChI=1S/C9H9ClN2O/c10-5-2-1-3-7-9(5)6(11)4-8(13)12-7/h1-3,6H,4,11H2,(H,12,13). The number of rotatable bonds is 0. The molecule has 68 valence electrons. The first-order valence-electron chi connectivity index (χ1n) is 4.02. The van der Waals surface area contributed by atoms with E-state index in [0.29, 0.717) is 11.4 Å². The number of nitrogens with one attached hydrogen (secondary N) is 1. The molecule has 1 aliphatic rings. The van der Waals surface area contributed by atoms with Crippen LogP contribution in [0.25, 0.3) is 0 Å². The van der Waals surface area contributed by atoms with Crippen molar-refractivity contribution in [2.75, 3.05) is 5.32 Å². The van der Waals surface area contributed by atoms with Crippen molar-refractivity contribution >= 4 is 23.2 Å². The van der Waals surface area contributed by atoms with Crippen LogP contribution in [0, 0.1) is 0 Å². The van der Waals surface area contributed by atoms with Gasteiger partial charge in [0.15, 0.2) is 0 Å². The molecule has 1 heterocycles. The quantitative estimate of drug-likeness (QED) is 0.664. The van der Waals surface area contributed by atoms with Gasteiger partial charge in [-0.15, -0.1) is 0 Å². The molecule has 2 rings (SSSR count). The van der Waals surface area contributed by atoms with Crippen LogP contribution in [0.15, 0.2) is 18.2 Å². The van der Waals surface area contributed by atoms with E-state index in [1.807, 2.05) is 0 Å². The maximum absolute atomic E-state index is 11.1. The number of anilines is 1. The van der Waals surface area contributed by atoms with E-state index in [1.54, 1.807) is 18.2 Å². The van der Waals surface area contributed by atoms with Crippen molar-refractivity contribution in [1.29, 1.82) is 0 Å². The van der Waals surface area contributed by atoms with Crippen LogP contribution in [-0.2, 0) is 4.79 Å². The largest absolute Gasteiger partial charge is 0.326 e. The molecule has 0 saturated carbocycles. The van der Waals surface area contributed by atoms with Gasteiger partial charge >= 0.3 is 0 Å². The van der Waals surface area contributed by atoms with Gasteiger partial charge in [0.05, 0.1) is 0 Å². The molecule has 4 heteroatoms. The van der Waals surface area contributed by atoms with Crippen molar-refractivity contribution in [2.45, 2.75) is 12.5 Å². The number of amides is 1. The van der Waals surface area contributed by atoms with Gasteiger partial charge in [-0.3, -0.25) is 4.79 Å². The summed E-state index contributed by atoms with van der Waals surface area (Å²) in [7, 11) is 0. The Morgan fingerprint density at radius 1 is 1.54 bits per heavy atom. The smallest absolute Gasteiger partial charge is 0.226 e. The summed E-state index contributed by atoms with van der Waals surface area (Å²) < 4.78 is 0. The van der Waals surface area contributed by atoms with Crippen molar-refractivity contribution < 1.29 is 4.79 Å². The molecule has 1 aromatic carbocycles. The van der Waals surface area contributed by atoms with Crippen molar-refractivity contribution in [2.24, 2.45) is 5.73 Å². The molecule has 13 heavy (non-hydrogen) atoms. The minimum absolute atomic E-state index is 0.0535. The van der Waals surface area contributed by atoms with Crippen LogP contribution in [0.3, 0.4) is 0 Å². The molecule has 0 spiro atoms. The zero-order valence-electron chi connectivity index (χ0n) is 6.88. The SMILES string of the molecule is NC1CC(=O)Nc2cccc(Cl)c21. The molecular weight excluding hydrogens is 188 g/mol. The fraction of sp³-hybridized carbons (Fsp3) is 0.222. The lowest BCUT2D eigenvalue weighted by Crippen LogP contribution is -2.27. The molecular formula is C9H9ClN2O. The lowest BCUT2D eigenvalue weighted by molar-refractivity contribution is -0.116. The van der Waals surface area contributed by atoms with Gasteiger partial charge in [-0.05, 0) is 12.1 Å². The van der Waals surface area contributed by atoms with Crippen LogP contribution in [0.4, 0.5) is 5.69 Å². The van der Waals surface area contributed by atoms with E-state index in [4.69, 9.17) is 17.3 Å². The number of halogens is 1. The molecule has 1 aromatic rings. The predicted molar refractivity (Wildman–Crippen MR) is 51.6 cm³/mol. The van der Waals surface area contributed by atoms with Gasteiger partial charge in [0, 0.05) is 28.7 Å². The monoisotopic (exact) mass is 196 g/mol. The fourth-order valence-electron chi connectivity index (χ4n) is 1.53. The number of nitrogens with two attached hydrogens (primary N) is 1. The van der Waals surface area contributed by atoms with E-state index in [0.717, 1.165) is 11.3 Å². The molecule has 0 aromatic heterocycles. The highest BCUT2D eigenvalue weighted by atomic mass is 35.5. The average Bonchev–Trinajstić information content (AvgIpc) is 2.02. The second-order valence-electron chi connectivity index (χ2n) is 3.06. The average molecular weight is 197 g/mol. The van der Waals surface area contributed by atoms with Crippen LogP contribution in [0.2, 0.25) is 5.02 Å². The van der Waals surface area contributed by atoms with Gasteiger partial charge < -0.3 is 11.1 Å². The van der Waals surface area contributed by atoms with Crippen LogP contribution in [0.1, 0.15) is 18.0 Å². The van der Waals surface area contributed by atoms with Crippen LogP contribution in [0.5, 0.6) is 0 Å². The topological polar surface area (TPSA) is 55.1 Å². The van der Waals surface area contributed by atoms with Gasteiger partial charge in [0.1, 0.15) is 0 Å². The molecule has 0 bridgehead atoms. The number of carbonyl (C=O) groups excluding carboxylic acids is 1. The maximum Gasteiger partial charge on any atom is 0.226 e. The van der Waals surface area contributed by atoms with Crippen molar-refractivity contribution in [3.63, 3.8) is 0 Å². The third-order valence-electron chi connectivity index (χ3n) is 2.10. The number of fused-ring (bicyclic) bond motifs is 1. The zero-order valence-corrected chi connectivity index (χ0v) is 7.64. The summed E-state index contributed by atoms with van der Waals surface area (Å²) in [6, 6.07) is 5.09. The van der Waals surface area contributed by atoms with Crippen LogP contribution < -0.4 is 11.1 Å². The second kappa shape index (κ2) is 3.01. The molecule has 1 aliphatic heterocycles.